The van der Waals surface area contributed by atoms with Crippen LogP contribution in [0.2, 0.25) is 5.02 Å². The molecule has 0 radical (unpaired) electrons. The molecule has 0 fully saturated rings. The maximum Gasteiger partial charge on any atom is 0.307 e. The van der Waals surface area contributed by atoms with E-state index in [9.17, 15) is 4.79 Å². The Kier molecular flexibility index (Phi) is 3.72. The first-order chi connectivity index (χ1) is 6.59. The van der Waals surface area contributed by atoms with E-state index in [0.717, 1.165) is 11.1 Å². The highest BCUT2D eigenvalue weighted by molar-refractivity contribution is 6.30. The van der Waals surface area contributed by atoms with E-state index < -0.39 is 5.97 Å². The summed E-state index contributed by atoms with van der Waals surface area (Å²) in [5.41, 5.74) is 2.04. The van der Waals surface area contributed by atoms with Crippen LogP contribution < -0.4 is 0 Å². The highest BCUT2D eigenvalue weighted by Crippen LogP contribution is 2.16. The Morgan fingerprint density at radius 3 is 2.93 bits per heavy atom. The van der Waals surface area contributed by atoms with Crippen LogP contribution in [-0.2, 0) is 4.79 Å². The third-order valence-corrected chi connectivity index (χ3v) is 2.07. The molecular weight excluding hydrogens is 200 g/mol. The van der Waals surface area contributed by atoms with Crippen LogP contribution in [0.4, 0.5) is 0 Å². The van der Waals surface area contributed by atoms with Crippen LogP contribution in [0.3, 0.4) is 0 Å². The van der Waals surface area contributed by atoms with Crippen molar-refractivity contribution in [3.05, 3.63) is 40.4 Å². The second kappa shape index (κ2) is 4.82. The van der Waals surface area contributed by atoms with Crippen molar-refractivity contribution < 1.29 is 9.90 Å². The summed E-state index contributed by atoms with van der Waals surface area (Å²) < 4.78 is 0. The van der Waals surface area contributed by atoms with Crippen LogP contribution in [0.15, 0.2) is 24.3 Å². The van der Waals surface area contributed by atoms with Crippen molar-refractivity contribution >= 4 is 23.6 Å². The Bertz CT molecular complexity index is 370. The maximum atomic E-state index is 10.3. The number of halogens is 1. The molecule has 1 rings (SSSR count). The van der Waals surface area contributed by atoms with E-state index in [0.29, 0.717) is 5.02 Å². The van der Waals surface area contributed by atoms with E-state index in [2.05, 4.69) is 0 Å². The summed E-state index contributed by atoms with van der Waals surface area (Å²) >= 11 is 5.81. The number of carbonyl (C=O) groups is 1. The average molecular weight is 211 g/mol. The zero-order valence-electron chi connectivity index (χ0n) is 7.83. The summed E-state index contributed by atoms with van der Waals surface area (Å²) in [5.74, 6) is -0.832. The summed E-state index contributed by atoms with van der Waals surface area (Å²) in [5, 5.41) is 9.10. The summed E-state index contributed by atoms with van der Waals surface area (Å²) in [6, 6.07) is 5.53. The molecule has 14 heavy (non-hydrogen) atoms. The van der Waals surface area contributed by atoms with Gasteiger partial charge in [-0.05, 0) is 30.2 Å². The van der Waals surface area contributed by atoms with Crippen LogP contribution in [0.1, 0.15) is 17.5 Å². The fourth-order valence-electron chi connectivity index (χ4n) is 1.08. The number of benzene rings is 1. The molecule has 0 heterocycles. The minimum absolute atomic E-state index is 0.0337. The van der Waals surface area contributed by atoms with Gasteiger partial charge in [-0.1, -0.05) is 29.8 Å². The highest BCUT2D eigenvalue weighted by atomic mass is 35.5. The number of hydrogen-bond acceptors (Lipinski definition) is 1. The predicted molar refractivity (Wildman–Crippen MR) is 57.5 cm³/mol. The number of aryl methyl sites for hydroxylation is 1. The van der Waals surface area contributed by atoms with Gasteiger partial charge in [0, 0.05) is 5.02 Å². The van der Waals surface area contributed by atoms with Gasteiger partial charge in [0.2, 0.25) is 0 Å². The molecule has 1 aromatic rings. The minimum Gasteiger partial charge on any atom is -0.481 e. The Morgan fingerprint density at radius 1 is 1.57 bits per heavy atom. The van der Waals surface area contributed by atoms with Crippen LogP contribution in [0, 0.1) is 6.92 Å². The molecular formula is C11H11ClO2. The SMILES string of the molecule is Cc1ccc(Cl)cc1C=CCC(=O)O. The fourth-order valence-corrected chi connectivity index (χ4v) is 1.26. The van der Waals surface area contributed by atoms with Crippen molar-refractivity contribution in [3.8, 4) is 0 Å². The van der Waals surface area contributed by atoms with E-state index in [4.69, 9.17) is 16.7 Å². The first-order valence-electron chi connectivity index (χ1n) is 4.24. The van der Waals surface area contributed by atoms with Gasteiger partial charge in [0.25, 0.3) is 0 Å². The van der Waals surface area contributed by atoms with Gasteiger partial charge in [-0.25, -0.2) is 0 Å². The molecule has 0 atom stereocenters. The number of rotatable bonds is 3. The summed E-state index contributed by atoms with van der Waals surface area (Å²) in [7, 11) is 0. The summed E-state index contributed by atoms with van der Waals surface area (Å²) in [4.78, 5) is 10.3. The average Bonchev–Trinajstić information content (AvgIpc) is 2.10. The van der Waals surface area contributed by atoms with Crippen molar-refractivity contribution in [2.24, 2.45) is 0 Å². The van der Waals surface area contributed by atoms with Gasteiger partial charge >= 0.3 is 5.97 Å². The van der Waals surface area contributed by atoms with Crippen molar-refractivity contribution in [2.45, 2.75) is 13.3 Å². The molecule has 0 aliphatic rings. The predicted octanol–water partition coefficient (Wildman–Crippen LogP) is 3.14. The van der Waals surface area contributed by atoms with Crippen LogP contribution >= 0.6 is 11.6 Å². The lowest BCUT2D eigenvalue weighted by atomic mass is 10.1. The highest BCUT2D eigenvalue weighted by Gasteiger charge is 1.96. The Morgan fingerprint density at radius 2 is 2.29 bits per heavy atom. The molecule has 0 amide bonds. The molecule has 0 aliphatic carbocycles. The first kappa shape index (κ1) is 10.8. The first-order valence-corrected chi connectivity index (χ1v) is 4.62. The number of hydrogen-bond donors (Lipinski definition) is 1. The van der Waals surface area contributed by atoms with Crippen molar-refractivity contribution in [1.29, 1.82) is 0 Å². The van der Waals surface area contributed by atoms with Gasteiger partial charge in [-0.2, -0.15) is 0 Å². The Hall–Kier alpha value is -1.28. The third kappa shape index (κ3) is 3.23. The summed E-state index contributed by atoms with van der Waals surface area (Å²) in [6.45, 7) is 1.96. The topological polar surface area (TPSA) is 37.3 Å². The number of carboxylic acid groups (broad SMARTS) is 1. The van der Waals surface area contributed by atoms with Gasteiger partial charge in [0.1, 0.15) is 0 Å². The monoisotopic (exact) mass is 210 g/mol. The normalized spacial score (nSPS) is 10.7. The molecule has 1 aromatic carbocycles. The Balaban J connectivity index is 2.80. The Labute approximate surface area is 87.8 Å². The van der Waals surface area contributed by atoms with Gasteiger partial charge < -0.3 is 5.11 Å². The van der Waals surface area contributed by atoms with Gasteiger partial charge in [0.15, 0.2) is 0 Å². The zero-order chi connectivity index (χ0) is 10.6. The standard InChI is InChI=1S/C11H11ClO2/c1-8-5-6-10(12)7-9(8)3-2-4-11(13)14/h2-3,5-7H,4H2,1H3,(H,13,14). The number of aliphatic carboxylic acids is 1. The quantitative estimate of drug-likeness (QED) is 0.832. The smallest absolute Gasteiger partial charge is 0.307 e. The largest absolute Gasteiger partial charge is 0.481 e. The van der Waals surface area contributed by atoms with Gasteiger partial charge in [0.05, 0.1) is 6.42 Å². The van der Waals surface area contributed by atoms with Crippen molar-refractivity contribution in [2.75, 3.05) is 0 Å². The molecule has 0 unspecified atom stereocenters. The van der Waals surface area contributed by atoms with Gasteiger partial charge in [-0.15, -0.1) is 0 Å². The molecule has 0 saturated carbocycles. The van der Waals surface area contributed by atoms with Gasteiger partial charge in [-0.3, -0.25) is 4.79 Å². The molecule has 0 saturated heterocycles. The van der Waals surface area contributed by atoms with Crippen LogP contribution in [0.5, 0.6) is 0 Å². The lowest BCUT2D eigenvalue weighted by Gasteiger charge is -1.99. The van der Waals surface area contributed by atoms with E-state index >= 15 is 0 Å². The van der Waals surface area contributed by atoms with E-state index in [1.807, 2.05) is 25.1 Å². The lowest BCUT2D eigenvalue weighted by molar-refractivity contribution is -0.135. The molecule has 0 spiro atoms. The molecule has 3 heteroatoms. The minimum atomic E-state index is -0.832. The van der Waals surface area contributed by atoms with E-state index in [1.165, 1.54) is 0 Å². The molecule has 74 valence electrons. The molecule has 0 aromatic heterocycles. The second-order valence-electron chi connectivity index (χ2n) is 3.00. The van der Waals surface area contributed by atoms with Crippen molar-refractivity contribution in [3.63, 3.8) is 0 Å². The fraction of sp³-hybridized carbons (Fsp3) is 0.182. The van der Waals surface area contributed by atoms with E-state index in [-0.39, 0.29) is 6.42 Å². The number of carboxylic acids is 1. The molecule has 0 aliphatic heterocycles. The molecule has 2 nitrogen and oxygen atoms in total. The molecule has 0 bridgehead atoms. The second-order valence-corrected chi connectivity index (χ2v) is 3.44. The zero-order valence-corrected chi connectivity index (χ0v) is 8.58. The van der Waals surface area contributed by atoms with E-state index in [1.54, 1.807) is 12.2 Å². The van der Waals surface area contributed by atoms with Crippen LogP contribution in [-0.4, -0.2) is 11.1 Å². The van der Waals surface area contributed by atoms with Crippen molar-refractivity contribution in [1.82, 2.24) is 0 Å². The lowest BCUT2D eigenvalue weighted by Crippen LogP contribution is -1.89. The maximum absolute atomic E-state index is 10.3. The molecule has 1 N–H and O–H groups in total. The van der Waals surface area contributed by atoms with Crippen LogP contribution in [0.25, 0.3) is 6.08 Å². The summed E-state index contributed by atoms with van der Waals surface area (Å²) in [6.07, 6.45) is 3.42. The third-order valence-electron chi connectivity index (χ3n) is 1.83.